The van der Waals surface area contributed by atoms with Crippen molar-refractivity contribution in [3.05, 3.63) is 94.0 Å². The molecule has 0 spiro atoms. The maximum atomic E-state index is 14.1. The monoisotopic (exact) mass is 619 g/mol. The molecule has 3 aromatic rings. The van der Waals surface area contributed by atoms with Crippen molar-refractivity contribution < 1.29 is 22.7 Å². The Morgan fingerprint density at radius 3 is 2.07 bits per heavy atom. The van der Waals surface area contributed by atoms with Crippen molar-refractivity contribution >= 4 is 50.7 Å². The first kappa shape index (κ1) is 32.2. The first-order valence-corrected chi connectivity index (χ1v) is 15.7. The number of nitrogens with one attached hydrogen (secondary N) is 1. The Balaban J connectivity index is 2.08. The van der Waals surface area contributed by atoms with Crippen LogP contribution in [0, 0.1) is 5.92 Å². The third kappa shape index (κ3) is 9.11. The van der Waals surface area contributed by atoms with Crippen molar-refractivity contribution in [2.24, 2.45) is 5.92 Å². The normalized spacial score (nSPS) is 12.1. The molecule has 3 rings (SSSR count). The number of amides is 2. The molecule has 0 aliphatic rings. The molecule has 0 aliphatic carbocycles. The van der Waals surface area contributed by atoms with Crippen LogP contribution in [0.15, 0.2) is 72.8 Å². The Morgan fingerprint density at radius 2 is 1.54 bits per heavy atom. The molecule has 0 radical (unpaired) electrons. The van der Waals surface area contributed by atoms with Crippen molar-refractivity contribution in [3.63, 3.8) is 0 Å². The van der Waals surface area contributed by atoms with Crippen LogP contribution in [0.4, 0.5) is 5.69 Å². The second-order valence-corrected chi connectivity index (χ2v) is 12.8. The molecule has 2 amide bonds. The largest absolute Gasteiger partial charge is 0.497 e. The smallest absolute Gasteiger partial charge is 0.244 e. The zero-order valence-electron chi connectivity index (χ0n) is 23.5. The highest BCUT2D eigenvalue weighted by molar-refractivity contribution is 7.92. The molecule has 0 heterocycles. The van der Waals surface area contributed by atoms with Gasteiger partial charge in [0.1, 0.15) is 18.3 Å². The average molecular weight is 621 g/mol. The summed E-state index contributed by atoms with van der Waals surface area (Å²) in [4.78, 5) is 29.2. The highest BCUT2D eigenvalue weighted by Crippen LogP contribution is 2.28. The highest BCUT2D eigenvalue weighted by atomic mass is 35.5. The number of anilines is 1. The number of hydrogen-bond donors (Lipinski definition) is 1. The number of benzene rings is 3. The third-order valence-corrected chi connectivity index (χ3v) is 8.23. The Hall–Kier alpha value is -3.27. The standard InChI is InChI=1S/C30H35Cl2N3O5S/c1-21(2)18-33-30(37)28(17-22-9-6-5-7-10-22)34(19-25-26(31)11-8-12-27(25)32)29(36)20-35(41(4,38)39)23-13-15-24(40-3)16-14-23/h5-16,21,28H,17-20H2,1-4H3,(H,33,37)/t28-/m1/s1. The fourth-order valence-electron chi connectivity index (χ4n) is 4.19. The lowest BCUT2D eigenvalue weighted by Gasteiger charge is -2.34. The second-order valence-electron chi connectivity index (χ2n) is 10.0. The number of carbonyl (C=O) groups is 2. The Morgan fingerprint density at radius 1 is 0.927 bits per heavy atom. The van der Waals surface area contributed by atoms with Crippen molar-refractivity contribution in [3.8, 4) is 5.75 Å². The number of nitrogens with zero attached hydrogens (tertiary/aromatic N) is 2. The molecular formula is C30H35Cl2N3O5S. The number of methoxy groups -OCH3 is 1. The van der Waals surface area contributed by atoms with Gasteiger partial charge >= 0.3 is 0 Å². The van der Waals surface area contributed by atoms with Crippen molar-refractivity contribution in [1.29, 1.82) is 0 Å². The molecule has 8 nitrogen and oxygen atoms in total. The molecule has 11 heteroatoms. The first-order chi connectivity index (χ1) is 19.4. The molecular weight excluding hydrogens is 585 g/mol. The first-order valence-electron chi connectivity index (χ1n) is 13.1. The molecule has 41 heavy (non-hydrogen) atoms. The Kier molecular flexibility index (Phi) is 11.5. The van der Waals surface area contributed by atoms with E-state index in [-0.39, 0.29) is 30.5 Å². The van der Waals surface area contributed by atoms with Gasteiger partial charge in [-0.25, -0.2) is 8.42 Å². The van der Waals surface area contributed by atoms with Gasteiger partial charge in [0.15, 0.2) is 0 Å². The van der Waals surface area contributed by atoms with Crippen molar-refractivity contribution in [1.82, 2.24) is 10.2 Å². The molecule has 0 saturated carbocycles. The Labute approximate surface area is 252 Å². The van der Waals surface area contributed by atoms with Crippen molar-refractivity contribution in [2.45, 2.75) is 32.9 Å². The summed E-state index contributed by atoms with van der Waals surface area (Å²) in [7, 11) is -2.39. The van der Waals surface area contributed by atoms with Crippen LogP contribution in [-0.4, -0.2) is 57.6 Å². The fourth-order valence-corrected chi connectivity index (χ4v) is 5.56. The molecule has 220 valence electrons. The van der Waals surface area contributed by atoms with Crippen LogP contribution < -0.4 is 14.4 Å². The molecule has 1 atom stereocenters. The topological polar surface area (TPSA) is 96.0 Å². The predicted octanol–water partition coefficient (Wildman–Crippen LogP) is 5.18. The van der Waals surface area contributed by atoms with E-state index >= 15 is 0 Å². The third-order valence-electron chi connectivity index (χ3n) is 6.39. The zero-order valence-corrected chi connectivity index (χ0v) is 25.8. The predicted molar refractivity (Wildman–Crippen MR) is 164 cm³/mol. The lowest BCUT2D eigenvalue weighted by atomic mass is 10.0. The maximum Gasteiger partial charge on any atom is 0.244 e. The van der Waals surface area contributed by atoms with Crippen LogP contribution >= 0.6 is 23.2 Å². The van der Waals surface area contributed by atoms with Crippen LogP contribution in [0.2, 0.25) is 10.0 Å². The summed E-state index contributed by atoms with van der Waals surface area (Å²) in [6, 6.07) is 19.6. The van der Waals surface area contributed by atoms with Gasteiger partial charge in [-0.15, -0.1) is 0 Å². The number of hydrogen-bond acceptors (Lipinski definition) is 5. The quantitative estimate of drug-likeness (QED) is 0.284. The van der Waals surface area contributed by atoms with Gasteiger partial charge in [0.2, 0.25) is 21.8 Å². The van der Waals surface area contributed by atoms with E-state index in [4.69, 9.17) is 27.9 Å². The Bertz CT molecular complexity index is 1410. The van der Waals surface area contributed by atoms with E-state index in [0.717, 1.165) is 16.1 Å². The summed E-state index contributed by atoms with van der Waals surface area (Å²) in [5.41, 5.74) is 1.56. The van der Waals surface area contributed by atoms with E-state index in [0.29, 0.717) is 27.9 Å². The average Bonchev–Trinajstić information content (AvgIpc) is 2.93. The number of halogens is 2. The van der Waals surface area contributed by atoms with Gasteiger partial charge in [0, 0.05) is 35.1 Å². The van der Waals surface area contributed by atoms with E-state index in [1.165, 1.54) is 12.0 Å². The number of ether oxygens (including phenoxy) is 1. The van der Waals surface area contributed by atoms with Crippen LogP contribution in [0.1, 0.15) is 25.0 Å². The molecule has 0 unspecified atom stereocenters. The minimum Gasteiger partial charge on any atom is -0.497 e. The van der Waals surface area contributed by atoms with Crippen molar-refractivity contribution in [2.75, 3.05) is 30.8 Å². The van der Waals surface area contributed by atoms with E-state index in [1.54, 1.807) is 42.5 Å². The minimum atomic E-state index is -3.89. The van der Waals surface area contributed by atoms with E-state index < -0.39 is 28.5 Å². The van der Waals surface area contributed by atoms with Crippen LogP contribution in [-0.2, 0) is 32.6 Å². The van der Waals surface area contributed by atoms with Gasteiger partial charge in [-0.3, -0.25) is 13.9 Å². The molecule has 0 aromatic heterocycles. The summed E-state index contributed by atoms with van der Waals surface area (Å²) < 4.78 is 32.0. The van der Waals surface area contributed by atoms with Crippen LogP contribution in [0.25, 0.3) is 0 Å². The summed E-state index contributed by atoms with van der Waals surface area (Å²) in [6.45, 7) is 3.69. The summed E-state index contributed by atoms with van der Waals surface area (Å²) >= 11 is 13.0. The lowest BCUT2D eigenvalue weighted by Crippen LogP contribution is -2.53. The van der Waals surface area contributed by atoms with Gasteiger partial charge in [-0.2, -0.15) is 0 Å². The van der Waals surface area contributed by atoms with Gasteiger partial charge in [-0.05, 0) is 47.9 Å². The summed E-state index contributed by atoms with van der Waals surface area (Å²) in [6.07, 6.45) is 1.22. The maximum absolute atomic E-state index is 14.1. The van der Waals surface area contributed by atoms with Gasteiger partial charge in [0.05, 0.1) is 19.1 Å². The molecule has 0 bridgehead atoms. The fraction of sp³-hybridized carbons (Fsp3) is 0.333. The van der Waals surface area contributed by atoms with E-state index in [2.05, 4.69) is 5.32 Å². The van der Waals surface area contributed by atoms with Crippen LogP contribution in [0.5, 0.6) is 5.75 Å². The molecule has 0 saturated heterocycles. The highest BCUT2D eigenvalue weighted by Gasteiger charge is 2.33. The molecule has 0 aliphatic heterocycles. The van der Waals surface area contributed by atoms with Gasteiger partial charge < -0.3 is 15.0 Å². The second kappa shape index (κ2) is 14.6. The lowest BCUT2D eigenvalue weighted by molar-refractivity contribution is -0.140. The van der Waals surface area contributed by atoms with Crippen LogP contribution in [0.3, 0.4) is 0 Å². The van der Waals surface area contributed by atoms with E-state index in [1.807, 2.05) is 44.2 Å². The van der Waals surface area contributed by atoms with E-state index in [9.17, 15) is 18.0 Å². The SMILES string of the molecule is COc1ccc(N(CC(=O)N(Cc2c(Cl)cccc2Cl)[C@H](Cc2ccccc2)C(=O)NCC(C)C)S(C)(=O)=O)cc1. The molecule has 3 aromatic carbocycles. The van der Waals surface area contributed by atoms with Gasteiger partial charge in [-0.1, -0.05) is 73.4 Å². The summed E-state index contributed by atoms with van der Waals surface area (Å²) in [5, 5.41) is 3.59. The summed E-state index contributed by atoms with van der Waals surface area (Å²) in [5.74, 6) is -0.250. The zero-order chi connectivity index (χ0) is 30.2. The molecule has 1 N–H and O–H groups in total. The number of carbonyl (C=O) groups excluding carboxylic acids is 2. The number of rotatable bonds is 13. The van der Waals surface area contributed by atoms with Gasteiger partial charge in [0.25, 0.3) is 0 Å². The minimum absolute atomic E-state index is 0.107. The number of sulfonamides is 1. The molecule has 0 fully saturated rings.